The summed E-state index contributed by atoms with van der Waals surface area (Å²) in [4.78, 5) is 7.85. The summed E-state index contributed by atoms with van der Waals surface area (Å²) in [7, 11) is 0. The quantitative estimate of drug-likeness (QED) is 0.572. The highest BCUT2D eigenvalue weighted by Gasteiger charge is 1.89. The highest BCUT2D eigenvalue weighted by Crippen LogP contribution is 1.87. The SMILES string of the molecule is NCCNCc1ccncn1. The van der Waals surface area contributed by atoms with E-state index in [9.17, 15) is 0 Å². The summed E-state index contributed by atoms with van der Waals surface area (Å²) < 4.78 is 0. The van der Waals surface area contributed by atoms with E-state index in [0.29, 0.717) is 6.54 Å². The molecule has 4 heteroatoms. The Bertz CT molecular complexity index is 187. The van der Waals surface area contributed by atoms with Gasteiger partial charge in [0.2, 0.25) is 0 Å². The van der Waals surface area contributed by atoms with E-state index in [1.165, 1.54) is 0 Å². The van der Waals surface area contributed by atoms with Crippen LogP contribution in [0.5, 0.6) is 0 Å². The Kier molecular flexibility index (Phi) is 3.51. The number of nitrogens with one attached hydrogen (secondary N) is 1. The van der Waals surface area contributed by atoms with Crippen LogP contribution in [-0.4, -0.2) is 23.1 Å². The van der Waals surface area contributed by atoms with Crippen molar-refractivity contribution in [3.05, 3.63) is 24.3 Å². The van der Waals surface area contributed by atoms with Crippen LogP contribution >= 0.6 is 0 Å². The molecular weight excluding hydrogens is 140 g/mol. The van der Waals surface area contributed by atoms with Crippen LogP contribution in [0, 0.1) is 0 Å². The number of rotatable bonds is 4. The van der Waals surface area contributed by atoms with Gasteiger partial charge in [0.25, 0.3) is 0 Å². The molecule has 1 aromatic heterocycles. The first-order valence-electron chi connectivity index (χ1n) is 3.59. The zero-order valence-electron chi connectivity index (χ0n) is 6.33. The van der Waals surface area contributed by atoms with E-state index in [4.69, 9.17) is 5.73 Å². The van der Waals surface area contributed by atoms with Crippen LogP contribution < -0.4 is 11.1 Å². The van der Waals surface area contributed by atoms with Crippen molar-refractivity contribution < 1.29 is 0 Å². The van der Waals surface area contributed by atoms with Crippen molar-refractivity contribution in [1.82, 2.24) is 15.3 Å². The van der Waals surface area contributed by atoms with Gasteiger partial charge in [0, 0.05) is 25.8 Å². The molecule has 60 valence electrons. The molecule has 0 aliphatic rings. The van der Waals surface area contributed by atoms with Crippen LogP contribution in [0.1, 0.15) is 5.69 Å². The molecule has 0 aromatic carbocycles. The minimum absolute atomic E-state index is 0.658. The maximum absolute atomic E-state index is 5.30. The van der Waals surface area contributed by atoms with Gasteiger partial charge in [0.1, 0.15) is 6.33 Å². The fourth-order valence-corrected chi connectivity index (χ4v) is 0.741. The zero-order valence-corrected chi connectivity index (χ0v) is 6.33. The summed E-state index contributed by atoms with van der Waals surface area (Å²) in [5.41, 5.74) is 6.29. The molecule has 0 radical (unpaired) electrons. The van der Waals surface area contributed by atoms with Crippen molar-refractivity contribution in [2.75, 3.05) is 13.1 Å². The minimum Gasteiger partial charge on any atom is -0.329 e. The standard InChI is InChI=1S/C7H12N4/c8-2-4-9-5-7-1-3-10-6-11-7/h1,3,6,9H,2,4-5,8H2. The van der Waals surface area contributed by atoms with Crippen molar-refractivity contribution in [3.63, 3.8) is 0 Å². The summed E-state index contributed by atoms with van der Waals surface area (Å²) in [6.07, 6.45) is 3.27. The second-order valence-corrected chi connectivity index (χ2v) is 2.17. The molecule has 0 atom stereocenters. The van der Waals surface area contributed by atoms with Gasteiger partial charge in [-0.1, -0.05) is 0 Å². The van der Waals surface area contributed by atoms with E-state index in [1.54, 1.807) is 12.5 Å². The van der Waals surface area contributed by atoms with Gasteiger partial charge < -0.3 is 11.1 Å². The lowest BCUT2D eigenvalue weighted by Crippen LogP contribution is -2.22. The van der Waals surface area contributed by atoms with Gasteiger partial charge in [-0.3, -0.25) is 0 Å². The molecule has 3 N–H and O–H groups in total. The van der Waals surface area contributed by atoms with Crippen LogP contribution in [0.3, 0.4) is 0 Å². The first kappa shape index (κ1) is 8.10. The second-order valence-electron chi connectivity index (χ2n) is 2.17. The van der Waals surface area contributed by atoms with E-state index < -0.39 is 0 Å². The van der Waals surface area contributed by atoms with Gasteiger partial charge in [-0.15, -0.1) is 0 Å². The maximum atomic E-state index is 5.30. The molecule has 1 rings (SSSR count). The maximum Gasteiger partial charge on any atom is 0.115 e. The number of hydrogen-bond donors (Lipinski definition) is 2. The van der Waals surface area contributed by atoms with Gasteiger partial charge in [0.15, 0.2) is 0 Å². The van der Waals surface area contributed by atoms with Crippen LogP contribution in [0.15, 0.2) is 18.6 Å². The number of aromatic nitrogens is 2. The van der Waals surface area contributed by atoms with E-state index in [2.05, 4.69) is 15.3 Å². The Hall–Kier alpha value is -1.00. The molecule has 0 amide bonds. The fraction of sp³-hybridized carbons (Fsp3) is 0.429. The van der Waals surface area contributed by atoms with Gasteiger partial charge in [0.05, 0.1) is 5.69 Å². The van der Waals surface area contributed by atoms with Gasteiger partial charge in [-0.2, -0.15) is 0 Å². The molecule has 1 heterocycles. The summed E-state index contributed by atoms with van der Waals surface area (Å²) in [6, 6.07) is 1.88. The first-order chi connectivity index (χ1) is 5.43. The van der Waals surface area contributed by atoms with Crippen molar-refractivity contribution in [3.8, 4) is 0 Å². The fourth-order valence-electron chi connectivity index (χ4n) is 0.741. The van der Waals surface area contributed by atoms with Crippen molar-refractivity contribution >= 4 is 0 Å². The van der Waals surface area contributed by atoms with Crippen LogP contribution in [0.4, 0.5) is 0 Å². The van der Waals surface area contributed by atoms with Crippen molar-refractivity contribution in [1.29, 1.82) is 0 Å². The molecule has 0 aliphatic heterocycles. The van der Waals surface area contributed by atoms with E-state index in [1.807, 2.05) is 6.07 Å². The molecule has 0 spiro atoms. The lowest BCUT2D eigenvalue weighted by atomic mass is 10.4. The Morgan fingerprint density at radius 1 is 1.55 bits per heavy atom. The first-order valence-corrected chi connectivity index (χ1v) is 3.59. The number of nitrogens with zero attached hydrogens (tertiary/aromatic N) is 2. The lowest BCUT2D eigenvalue weighted by molar-refractivity contribution is 0.680. The lowest BCUT2D eigenvalue weighted by Gasteiger charge is -2.00. The molecule has 0 unspecified atom stereocenters. The highest BCUT2D eigenvalue weighted by atomic mass is 14.9. The Morgan fingerprint density at radius 2 is 2.45 bits per heavy atom. The van der Waals surface area contributed by atoms with Crippen molar-refractivity contribution in [2.24, 2.45) is 5.73 Å². The van der Waals surface area contributed by atoms with Crippen LogP contribution in [0.25, 0.3) is 0 Å². The summed E-state index contributed by atoms with van der Waals surface area (Å²) in [5.74, 6) is 0. The summed E-state index contributed by atoms with van der Waals surface area (Å²) in [6.45, 7) is 2.24. The normalized spacial score (nSPS) is 9.91. The molecule has 11 heavy (non-hydrogen) atoms. The average Bonchev–Trinajstić information content (AvgIpc) is 2.07. The third-order valence-electron chi connectivity index (χ3n) is 1.27. The highest BCUT2D eigenvalue weighted by molar-refractivity contribution is 4.96. The topological polar surface area (TPSA) is 63.8 Å². The third-order valence-corrected chi connectivity index (χ3v) is 1.27. The Balaban J connectivity index is 2.28. The largest absolute Gasteiger partial charge is 0.329 e. The number of nitrogens with two attached hydrogens (primary N) is 1. The Morgan fingerprint density at radius 3 is 3.09 bits per heavy atom. The Labute approximate surface area is 65.9 Å². The third kappa shape index (κ3) is 3.06. The predicted molar refractivity (Wildman–Crippen MR) is 42.8 cm³/mol. The minimum atomic E-state index is 0.658. The molecule has 4 nitrogen and oxygen atoms in total. The summed E-state index contributed by atoms with van der Waals surface area (Å²) >= 11 is 0. The zero-order chi connectivity index (χ0) is 7.94. The second kappa shape index (κ2) is 4.76. The molecule has 0 saturated heterocycles. The van der Waals surface area contributed by atoms with Crippen molar-refractivity contribution in [2.45, 2.75) is 6.54 Å². The molecule has 1 aromatic rings. The number of hydrogen-bond acceptors (Lipinski definition) is 4. The molecule has 0 bridgehead atoms. The molecular formula is C7H12N4. The van der Waals surface area contributed by atoms with Gasteiger partial charge >= 0.3 is 0 Å². The molecule has 0 fully saturated rings. The van der Waals surface area contributed by atoms with E-state index >= 15 is 0 Å². The van der Waals surface area contributed by atoms with E-state index in [0.717, 1.165) is 18.8 Å². The average molecular weight is 152 g/mol. The van der Waals surface area contributed by atoms with Gasteiger partial charge in [-0.25, -0.2) is 9.97 Å². The van der Waals surface area contributed by atoms with Crippen LogP contribution in [0.2, 0.25) is 0 Å². The summed E-state index contributed by atoms with van der Waals surface area (Å²) in [5, 5.41) is 3.14. The van der Waals surface area contributed by atoms with Gasteiger partial charge in [-0.05, 0) is 6.07 Å². The predicted octanol–water partition coefficient (Wildman–Crippen LogP) is -0.475. The monoisotopic (exact) mass is 152 g/mol. The molecule has 0 aliphatic carbocycles. The van der Waals surface area contributed by atoms with E-state index in [-0.39, 0.29) is 0 Å². The smallest absolute Gasteiger partial charge is 0.115 e. The van der Waals surface area contributed by atoms with Crippen LogP contribution in [-0.2, 0) is 6.54 Å². The molecule has 0 saturated carbocycles.